The summed E-state index contributed by atoms with van der Waals surface area (Å²) in [5, 5.41) is 3.14. The first-order valence-electron chi connectivity index (χ1n) is 8.19. The minimum Gasteiger partial charge on any atom is -0.406 e. The fraction of sp³-hybridized carbons (Fsp3) is 0.333. The predicted octanol–water partition coefficient (Wildman–Crippen LogP) is 4.00. The number of nitrogens with zero attached hydrogens (tertiary/aromatic N) is 1. The zero-order valence-corrected chi connectivity index (χ0v) is 14.0. The molecule has 2 aromatic carbocycles. The van der Waals surface area contributed by atoms with E-state index < -0.39 is 35.6 Å². The van der Waals surface area contributed by atoms with Crippen LogP contribution in [0.2, 0.25) is 0 Å². The Bertz CT molecular complexity index is 764. The molecule has 2 aromatic rings. The number of nitrogens with one attached hydrogen (secondary N) is 1. The van der Waals surface area contributed by atoms with Gasteiger partial charge in [-0.05, 0) is 35.4 Å². The number of ether oxygens (including phenoxy) is 1. The zero-order valence-electron chi connectivity index (χ0n) is 14.0. The predicted molar refractivity (Wildman–Crippen MR) is 85.7 cm³/mol. The minimum absolute atomic E-state index is 0.179. The molecule has 0 unspecified atom stereocenters. The molecule has 9 heteroatoms. The first kappa shape index (κ1) is 19.5. The molecule has 1 aliphatic heterocycles. The molecule has 1 heterocycles. The van der Waals surface area contributed by atoms with Crippen molar-refractivity contribution in [2.75, 3.05) is 26.2 Å². The van der Waals surface area contributed by atoms with Gasteiger partial charge >= 0.3 is 6.36 Å². The summed E-state index contributed by atoms with van der Waals surface area (Å²) in [6, 6.07) is 6.23. The molecule has 27 heavy (non-hydrogen) atoms. The molecule has 1 saturated heterocycles. The normalized spacial score (nSPS) is 17.0. The average Bonchev–Trinajstić information content (AvgIpc) is 2.61. The van der Waals surface area contributed by atoms with Crippen LogP contribution in [0.25, 0.3) is 0 Å². The van der Waals surface area contributed by atoms with Crippen molar-refractivity contribution in [3.63, 3.8) is 0 Å². The van der Waals surface area contributed by atoms with Crippen molar-refractivity contribution in [3.8, 4) is 5.75 Å². The molecule has 3 nitrogen and oxygen atoms in total. The molecular formula is C18H16F6N2O. The van der Waals surface area contributed by atoms with Crippen LogP contribution >= 0.6 is 0 Å². The third-order valence-corrected chi connectivity index (χ3v) is 4.27. The maximum Gasteiger partial charge on any atom is 0.573 e. The van der Waals surface area contributed by atoms with Crippen molar-refractivity contribution in [1.82, 2.24) is 10.2 Å². The Morgan fingerprint density at radius 3 is 1.96 bits per heavy atom. The maximum absolute atomic E-state index is 13.7. The third-order valence-electron chi connectivity index (χ3n) is 4.27. The third kappa shape index (κ3) is 4.72. The molecular weight excluding hydrogens is 374 g/mol. The molecule has 1 N–H and O–H groups in total. The Labute approximate surface area is 151 Å². The second kappa shape index (κ2) is 7.77. The Morgan fingerprint density at radius 1 is 0.889 bits per heavy atom. The summed E-state index contributed by atoms with van der Waals surface area (Å²) in [7, 11) is 0. The molecule has 0 aliphatic carbocycles. The molecule has 0 bridgehead atoms. The van der Waals surface area contributed by atoms with Gasteiger partial charge in [0, 0.05) is 26.2 Å². The number of piperazine rings is 1. The fourth-order valence-electron chi connectivity index (χ4n) is 3.14. The summed E-state index contributed by atoms with van der Waals surface area (Å²) in [4.78, 5) is 1.92. The average molecular weight is 390 g/mol. The van der Waals surface area contributed by atoms with E-state index in [1.54, 1.807) is 0 Å². The van der Waals surface area contributed by atoms with E-state index in [0.717, 1.165) is 24.3 Å². The lowest BCUT2D eigenvalue weighted by Gasteiger charge is -2.35. The topological polar surface area (TPSA) is 24.5 Å². The van der Waals surface area contributed by atoms with Crippen molar-refractivity contribution in [2.24, 2.45) is 0 Å². The number of halogens is 6. The summed E-state index contributed by atoms with van der Waals surface area (Å²) in [5.74, 6) is -4.60. The largest absolute Gasteiger partial charge is 0.573 e. The van der Waals surface area contributed by atoms with E-state index in [-0.39, 0.29) is 5.56 Å². The first-order chi connectivity index (χ1) is 12.7. The first-order valence-corrected chi connectivity index (χ1v) is 8.19. The van der Waals surface area contributed by atoms with E-state index in [0.29, 0.717) is 31.7 Å². The van der Waals surface area contributed by atoms with Gasteiger partial charge in [0.15, 0.2) is 17.5 Å². The second-order valence-corrected chi connectivity index (χ2v) is 6.10. The van der Waals surface area contributed by atoms with Gasteiger partial charge in [0.2, 0.25) is 0 Å². The monoisotopic (exact) mass is 390 g/mol. The molecule has 1 atom stereocenters. The van der Waals surface area contributed by atoms with E-state index in [4.69, 9.17) is 0 Å². The molecule has 0 aromatic heterocycles. The molecule has 0 amide bonds. The minimum atomic E-state index is -4.82. The smallest absolute Gasteiger partial charge is 0.406 e. The van der Waals surface area contributed by atoms with Crippen LogP contribution in [0, 0.1) is 17.5 Å². The summed E-state index contributed by atoms with van der Waals surface area (Å²) in [5.41, 5.74) is 0.689. The molecule has 0 radical (unpaired) electrons. The lowest BCUT2D eigenvalue weighted by Crippen LogP contribution is -2.45. The zero-order chi connectivity index (χ0) is 19.6. The SMILES string of the molecule is Fc1cc([C@@H](c2ccc(OC(F)(F)F)cc2)N2CCNCC2)cc(F)c1F. The number of hydrogen-bond acceptors (Lipinski definition) is 3. The highest BCUT2D eigenvalue weighted by atomic mass is 19.4. The van der Waals surface area contributed by atoms with Crippen molar-refractivity contribution in [1.29, 1.82) is 0 Å². The second-order valence-electron chi connectivity index (χ2n) is 6.10. The Kier molecular flexibility index (Phi) is 5.61. The lowest BCUT2D eigenvalue weighted by molar-refractivity contribution is -0.274. The van der Waals surface area contributed by atoms with Gasteiger partial charge in [-0.3, -0.25) is 4.90 Å². The van der Waals surface area contributed by atoms with Crippen LogP contribution in [-0.2, 0) is 0 Å². The molecule has 146 valence electrons. The van der Waals surface area contributed by atoms with Crippen molar-refractivity contribution in [2.45, 2.75) is 12.4 Å². The Balaban J connectivity index is 1.97. The van der Waals surface area contributed by atoms with E-state index in [9.17, 15) is 26.3 Å². The van der Waals surface area contributed by atoms with Crippen LogP contribution in [0.15, 0.2) is 36.4 Å². The Morgan fingerprint density at radius 2 is 1.44 bits per heavy atom. The summed E-state index contributed by atoms with van der Waals surface area (Å²) >= 11 is 0. The number of rotatable bonds is 4. The highest BCUT2D eigenvalue weighted by molar-refractivity contribution is 5.36. The lowest BCUT2D eigenvalue weighted by atomic mass is 9.96. The summed E-state index contributed by atoms with van der Waals surface area (Å²) < 4.78 is 81.6. The summed E-state index contributed by atoms with van der Waals surface area (Å²) in [6.07, 6.45) is -4.82. The van der Waals surface area contributed by atoms with Crippen LogP contribution in [0.3, 0.4) is 0 Å². The van der Waals surface area contributed by atoms with Gasteiger partial charge in [0.05, 0.1) is 6.04 Å². The van der Waals surface area contributed by atoms with Crippen molar-refractivity contribution >= 4 is 0 Å². The maximum atomic E-state index is 13.7. The van der Waals surface area contributed by atoms with Crippen LogP contribution in [0.5, 0.6) is 5.75 Å². The molecule has 0 spiro atoms. The fourth-order valence-corrected chi connectivity index (χ4v) is 3.14. The van der Waals surface area contributed by atoms with Gasteiger partial charge in [-0.2, -0.15) is 0 Å². The standard InChI is InChI=1S/C18H16F6N2O/c19-14-9-12(10-15(20)16(14)21)17(26-7-5-25-6-8-26)11-1-3-13(4-2-11)27-18(22,23)24/h1-4,9-10,17,25H,5-8H2/t17-/m1/s1. The Hall–Kier alpha value is -2.26. The summed E-state index contributed by atoms with van der Waals surface area (Å²) in [6.45, 7) is 2.37. The van der Waals surface area contributed by atoms with E-state index in [1.165, 1.54) is 12.1 Å². The van der Waals surface area contributed by atoms with E-state index >= 15 is 0 Å². The van der Waals surface area contributed by atoms with Crippen LogP contribution in [0.4, 0.5) is 26.3 Å². The van der Waals surface area contributed by atoms with Gasteiger partial charge in [0.1, 0.15) is 5.75 Å². The van der Waals surface area contributed by atoms with Crippen LogP contribution in [0.1, 0.15) is 17.2 Å². The van der Waals surface area contributed by atoms with Crippen molar-refractivity contribution in [3.05, 3.63) is 65.0 Å². The highest BCUT2D eigenvalue weighted by Crippen LogP contribution is 2.32. The van der Waals surface area contributed by atoms with Crippen LogP contribution < -0.4 is 10.1 Å². The van der Waals surface area contributed by atoms with Gasteiger partial charge in [-0.15, -0.1) is 13.2 Å². The van der Waals surface area contributed by atoms with Gasteiger partial charge in [-0.1, -0.05) is 12.1 Å². The molecule has 1 fully saturated rings. The van der Waals surface area contributed by atoms with Crippen LogP contribution in [-0.4, -0.2) is 37.4 Å². The number of hydrogen-bond donors (Lipinski definition) is 1. The molecule has 3 rings (SSSR count). The molecule has 1 aliphatic rings. The van der Waals surface area contributed by atoms with Gasteiger partial charge in [-0.25, -0.2) is 13.2 Å². The quantitative estimate of drug-likeness (QED) is 0.631. The highest BCUT2D eigenvalue weighted by Gasteiger charge is 2.31. The molecule has 0 saturated carbocycles. The van der Waals surface area contributed by atoms with Gasteiger partial charge < -0.3 is 10.1 Å². The van der Waals surface area contributed by atoms with Gasteiger partial charge in [0.25, 0.3) is 0 Å². The number of benzene rings is 2. The van der Waals surface area contributed by atoms with E-state index in [1.807, 2.05) is 4.90 Å². The van der Waals surface area contributed by atoms with Crippen molar-refractivity contribution < 1.29 is 31.1 Å². The van der Waals surface area contributed by atoms with E-state index in [2.05, 4.69) is 10.1 Å². The number of alkyl halides is 3.